The van der Waals surface area contributed by atoms with Gasteiger partial charge in [0.1, 0.15) is 12.2 Å². The van der Waals surface area contributed by atoms with E-state index in [4.69, 9.17) is 11.6 Å². The molecule has 0 fully saturated rings. The van der Waals surface area contributed by atoms with Gasteiger partial charge in [-0.2, -0.15) is 0 Å². The first-order valence-electron chi connectivity index (χ1n) is 7.60. The largest absolute Gasteiger partial charge is 0.323 e. The fraction of sp³-hybridized carbons (Fsp3) is 0.0556. The number of anilines is 1. The molecule has 124 valence electrons. The van der Waals surface area contributed by atoms with Crippen LogP contribution in [-0.4, -0.2) is 20.4 Å². The zero-order valence-corrected chi connectivity index (χ0v) is 14.6. The molecule has 4 aromatic rings. The first kappa shape index (κ1) is 15.8. The molecule has 0 saturated carbocycles. The fourth-order valence-corrected chi connectivity index (χ4v) is 3.36. The number of nitrogens with zero attached hydrogens (tertiary/aromatic N) is 3. The van der Waals surface area contributed by atoms with E-state index in [0.29, 0.717) is 16.5 Å². The van der Waals surface area contributed by atoms with Gasteiger partial charge in [-0.05, 0) is 24.3 Å². The molecule has 0 aliphatic heterocycles. The average molecular weight is 369 g/mol. The van der Waals surface area contributed by atoms with Crippen molar-refractivity contribution in [2.24, 2.45) is 0 Å². The van der Waals surface area contributed by atoms with Gasteiger partial charge in [0, 0.05) is 5.38 Å². The van der Waals surface area contributed by atoms with Crippen molar-refractivity contribution in [2.45, 2.75) is 6.54 Å². The molecule has 25 heavy (non-hydrogen) atoms. The average Bonchev–Trinajstić information content (AvgIpc) is 3.25. The number of rotatable bonds is 4. The van der Waals surface area contributed by atoms with Gasteiger partial charge in [-0.25, -0.2) is 9.97 Å². The van der Waals surface area contributed by atoms with Crippen molar-refractivity contribution < 1.29 is 4.79 Å². The second-order valence-corrected chi connectivity index (χ2v) is 6.54. The van der Waals surface area contributed by atoms with Gasteiger partial charge in [0.25, 0.3) is 0 Å². The predicted octanol–water partition coefficient (Wildman–Crippen LogP) is 4.45. The summed E-state index contributed by atoms with van der Waals surface area (Å²) >= 11 is 7.61. The number of carbonyl (C=O) groups excluding carboxylic acids is 1. The number of imidazole rings is 1. The number of aromatic nitrogens is 3. The number of nitrogens with one attached hydrogen (secondary N) is 1. The van der Waals surface area contributed by atoms with Crippen molar-refractivity contribution in [1.29, 1.82) is 0 Å². The Morgan fingerprint density at radius 2 is 1.96 bits per heavy atom. The highest BCUT2D eigenvalue weighted by Gasteiger charge is 2.16. The Morgan fingerprint density at radius 1 is 1.16 bits per heavy atom. The smallest absolute Gasteiger partial charge is 0.244 e. The summed E-state index contributed by atoms with van der Waals surface area (Å²) in [6, 6.07) is 14.9. The summed E-state index contributed by atoms with van der Waals surface area (Å²) in [5.74, 6) is 0.504. The molecule has 1 N–H and O–H groups in total. The molecule has 1 amide bonds. The molecule has 0 aliphatic carbocycles. The van der Waals surface area contributed by atoms with Crippen LogP contribution in [-0.2, 0) is 11.3 Å². The number of halogens is 1. The number of hydrogen-bond acceptors (Lipinski definition) is 4. The molecule has 2 heterocycles. The topological polar surface area (TPSA) is 59.8 Å². The molecule has 0 aliphatic rings. The van der Waals surface area contributed by atoms with Crippen LogP contribution in [0, 0.1) is 0 Å². The zero-order valence-electron chi connectivity index (χ0n) is 13.0. The van der Waals surface area contributed by atoms with E-state index >= 15 is 0 Å². The summed E-state index contributed by atoms with van der Waals surface area (Å²) in [5.41, 5.74) is 4.82. The number of fused-ring (bicyclic) bond motifs is 1. The summed E-state index contributed by atoms with van der Waals surface area (Å²) < 4.78 is 1.87. The van der Waals surface area contributed by atoms with E-state index in [-0.39, 0.29) is 12.5 Å². The summed E-state index contributed by atoms with van der Waals surface area (Å²) in [4.78, 5) is 21.5. The summed E-state index contributed by atoms with van der Waals surface area (Å²) in [6.07, 6.45) is 0. The molecule has 2 aromatic carbocycles. The molecule has 0 atom stereocenters. The normalized spacial score (nSPS) is 10.9. The zero-order chi connectivity index (χ0) is 17.2. The Bertz CT molecular complexity index is 1040. The van der Waals surface area contributed by atoms with Crippen LogP contribution in [0.1, 0.15) is 0 Å². The lowest BCUT2D eigenvalue weighted by atomic mass is 10.3. The van der Waals surface area contributed by atoms with Crippen molar-refractivity contribution in [3.63, 3.8) is 0 Å². The Labute approximate surface area is 152 Å². The third kappa shape index (κ3) is 3.14. The van der Waals surface area contributed by atoms with Crippen LogP contribution in [0.4, 0.5) is 5.69 Å². The van der Waals surface area contributed by atoms with E-state index in [1.807, 2.05) is 46.3 Å². The maximum Gasteiger partial charge on any atom is 0.244 e. The molecular formula is C18H13ClN4OS. The number of para-hydroxylation sites is 3. The van der Waals surface area contributed by atoms with E-state index < -0.39 is 0 Å². The van der Waals surface area contributed by atoms with Gasteiger partial charge in [0.05, 0.1) is 27.3 Å². The molecule has 7 heteroatoms. The molecule has 0 radical (unpaired) electrons. The number of hydrogen-bond donors (Lipinski definition) is 1. The minimum Gasteiger partial charge on any atom is -0.323 e. The number of thiazole rings is 1. The second-order valence-electron chi connectivity index (χ2n) is 5.41. The van der Waals surface area contributed by atoms with Crippen LogP contribution in [0.25, 0.3) is 22.6 Å². The highest BCUT2D eigenvalue weighted by atomic mass is 35.5. The third-order valence-corrected chi connectivity index (χ3v) is 4.68. The highest BCUT2D eigenvalue weighted by Crippen LogP contribution is 2.25. The Hall–Kier alpha value is -2.70. The van der Waals surface area contributed by atoms with Gasteiger partial charge in [-0.3, -0.25) is 4.79 Å². The summed E-state index contributed by atoms with van der Waals surface area (Å²) in [5, 5.41) is 5.27. The number of carbonyl (C=O) groups is 1. The molecule has 0 saturated heterocycles. The van der Waals surface area contributed by atoms with Crippen LogP contribution < -0.4 is 5.32 Å². The molecule has 0 bridgehead atoms. The van der Waals surface area contributed by atoms with E-state index in [1.54, 1.807) is 17.6 Å². The quantitative estimate of drug-likeness (QED) is 0.578. The van der Waals surface area contributed by atoms with E-state index in [0.717, 1.165) is 16.7 Å². The van der Waals surface area contributed by atoms with Gasteiger partial charge in [0.15, 0.2) is 5.82 Å². The summed E-state index contributed by atoms with van der Waals surface area (Å²) in [6.45, 7) is 0.124. The van der Waals surface area contributed by atoms with E-state index in [1.165, 1.54) is 11.3 Å². The van der Waals surface area contributed by atoms with Gasteiger partial charge < -0.3 is 9.88 Å². The van der Waals surface area contributed by atoms with Crippen LogP contribution in [0.5, 0.6) is 0 Å². The first-order chi connectivity index (χ1) is 12.2. The number of amides is 1. The lowest BCUT2D eigenvalue weighted by molar-refractivity contribution is -0.116. The monoisotopic (exact) mass is 368 g/mol. The predicted molar refractivity (Wildman–Crippen MR) is 101 cm³/mol. The van der Waals surface area contributed by atoms with Crippen LogP contribution in [0.3, 0.4) is 0 Å². The SMILES string of the molecule is O=C(Cn1c(-c2cscn2)nc2ccccc21)Nc1ccccc1Cl. The van der Waals surface area contributed by atoms with Gasteiger partial charge in [0.2, 0.25) is 5.91 Å². The van der Waals surface area contributed by atoms with E-state index in [2.05, 4.69) is 15.3 Å². The maximum absolute atomic E-state index is 12.6. The fourth-order valence-electron chi connectivity index (χ4n) is 2.65. The summed E-state index contributed by atoms with van der Waals surface area (Å²) in [7, 11) is 0. The van der Waals surface area contributed by atoms with Crippen molar-refractivity contribution in [3.05, 3.63) is 64.4 Å². The highest BCUT2D eigenvalue weighted by molar-refractivity contribution is 7.07. The molecule has 5 nitrogen and oxygen atoms in total. The van der Waals surface area contributed by atoms with Crippen molar-refractivity contribution in [2.75, 3.05) is 5.32 Å². The molecular weight excluding hydrogens is 356 g/mol. The minimum absolute atomic E-state index is 0.124. The van der Waals surface area contributed by atoms with Crippen molar-refractivity contribution in [1.82, 2.24) is 14.5 Å². The first-order valence-corrected chi connectivity index (χ1v) is 8.92. The van der Waals surface area contributed by atoms with Crippen LogP contribution in [0.15, 0.2) is 59.4 Å². The Balaban J connectivity index is 1.70. The van der Waals surface area contributed by atoms with Crippen molar-refractivity contribution >= 4 is 45.6 Å². The lowest BCUT2D eigenvalue weighted by Gasteiger charge is -2.10. The standard InChI is InChI=1S/C18H13ClN4OS/c19-12-5-1-2-6-13(12)21-17(24)9-23-16-8-4-3-7-14(16)22-18(23)15-10-25-11-20-15/h1-8,10-11H,9H2,(H,21,24). The minimum atomic E-state index is -0.173. The Morgan fingerprint density at radius 3 is 2.76 bits per heavy atom. The van der Waals surface area contributed by atoms with Gasteiger partial charge in [-0.15, -0.1) is 11.3 Å². The van der Waals surface area contributed by atoms with Gasteiger partial charge in [-0.1, -0.05) is 35.9 Å². The second kappa shape index (κ2) is 6.66. The third-order valence-electron chi connectivity index (χ3n) is 3.77. The van der Waals surface area contributed by atoms with Crippen molar-refractivity contribution in [3.8, 4) is 11.5 Å². The van der Waals surface area contributed by atoms with Crippen LogP contribution >= 0.6 is 22.9 Å². The van der Waals surface area contributed by atoms with E-state index in [9.17, 15) is 4.79 Å². The molecule has 0 unspecified atom stereocenters. The number of benzene rings is 2. The van der Waals surface area contributed by atoms with Crippen LogP contribution in [0.2, 0.25) is 5.02 Å². The molecule has 2 aromatic heterocycles. The molecule has 4 rings (SSSR count). The lowest BCUT2D eigenvalue weighted by Crippen LogP contribution is -2.19. The maximum atomic E-state index is 12.6. The Kier molecular flexibility index (Phi) is 4.21. The molecule has 0 spiro atoms. The van der Waals surface area contributed by atoms with Gasteiger partial charge >= 0.3 is 0 Å².